The summed E-state index contributed by atoms with van der Waals surface area (Å²) in [6.07, 6.45) is 0.419. The predicted octanol–water partition coefficient (Wildman–Crippen LogP) is 2.88. The molecule has 1 heterocycles. The molecule has 2 aliphatic carbocycles. The molecule has 24 heavy (non-hydrogen) atoms. The Labute approximate surface area is 136 Å². The molecular formula is C17H15F3N2O2. The molecule has 4 nitrogen and oxygen atoms in total. The fourth-order valence-electron chi connectivity index (χ4n) is 4.10. The highest BCUT2D eigenvalue weighted by atomic mass is 19.4. The summed E-state index contributed by atoms with van der Waals surface area (Å²) in [5.74, 6) is -0.792. The number of anilines is 1. The molecule has 0 unspecified atom stereocenters. The van der Waals surface area contributed by atoms with Crippen LogP contribution in [0.15, 0.2) is 36.4 Å². The topological polar surface area (TPSA) is 49.4 Å². The molecule has 7 heteroatoms. The average Bonchev–Trinajstić information content (AvgIpc) is 3.20. The van der Waals surface area contributed by atoms with Crippen LogP contribution in [0.2, 0.25) is 0 Å². The minimum atomic E-state index is -4.43. The van der Waals surface area contributed by atoms with Crippen LogP contribution in [0.5, 0.6) is 0 Å². The molecule has 1 saturated heterocycles. The van der Waals surface area contributed by atoms with Crippen molar-refractivity contribution >= 4 is 17.5 Å². The number of hydrogen-bond donors (Lipinski definition) is 1. The van der Waals surface area contributed by atoms with Crippen molar-refractivity contribution < 1.29 is 22.8 Å². The molecule has 1 aromatic rings. The minimum Gasteiger partial charge on any atom is -0.367 e. The van der Waals surface area contributed by atoms with Gasteiger partial charge in [0.2, 0.25) is 11.8 Å². The van der Waals surface area contributed by atoms with E-state index in [1.807, 2.05) is 12.2 Å². The number of carbonyl (C=O) groups is 2. The van der Waals surface area contributed by atoms with E-state index in [0.717, 1.165) is 23.5 Å². The Morgan fingerprint density at radius 2 is 1.71 bits per heavy atom. The van der Waals surface area contributed by atoms with E-state index in [-0.39, 0.29) is 47.8 Å². The summed E-state index contributed by atoms with van der Waals surface area (Å²) in [5, 5.41) is 2.76. The number of hydrogen-bond acceptors (Lipinski definition) is 3. The maximum Gasteiger partial charge on any atom is 0.416 e. The number of likely N-dealkylation sites (tertiary alicyclic amines) is 1. The molecule has 2 amide bonds. The third kappa shape index (κ3) is 2.22. The zero-order valence-corrected chi connectivity index (χ0v) is 12.6. The Hall–Kier alpha value is -2.31. The number of allylic oxidation sites excluding steroid dienone is 2. The van der Waals surface area contributed by atoms with Gasteiger partial charge in [0.25, 0.3) is 0 Å². The highest BCUT2D eigenvalue weighted by Gasteiger charge is 2.59. The van der Waals surface area contributed by atoms with Crippen molar-refractivity contribution in [1.29, 1.82) is 0 Å². The molecule has 1 aromatic carbocycles. The first-order valence-corrected chi connectivity index (χ1v) is 7.81. The van der Waals surface area contributed by atoms with Gasteiger partial charge in [-0.15, -0.1) is 0 Å². The van der Waals surface area contributed by atoms with E-state index in [1.165, 1.54) is 12.1 Å². The van der Waals surface area contributed by atoms with E-state index in [1.54, 1.807) is 0 Å². The number of imide groups is 1. The summed E-state index contributed by atoms with van der Waals surface area (Å²) in [6, 6.07) is 4.71. The SMILES string of the molecule is O=C1[C@@H]2[C@H](C(=O)N1CNc1cccc(C(F)(F)F)c1)[C@H]1C=C[C@@H]2C1. The quantitative estimate of drug-likeness (QED) is 0.682. The van der Waals surface area contributed by atoms with E-state index in [4.69, 9.17) is 0 Å². The van der Waals surface area contributed by atoms with Crippen LogP contribution in [0.3, 0.4) is 0 Å². The van der Waals surface area contributed by atoms with Crippen LogP contribution in [0.4, 0.5) is 18.9 Å². The van der Waals surface area contributed by atoms with Gasteiger partial charge in [-0.3, -0.25) is 14.5 Å². The van der Waals surface area contributed by atoms with Gasteiger partial charge in [-0.1, -0.05) is 18.2 Å². The first kappa shape index (κ1) is 15.2. The van der Waals surface area contributed by atoms with Gasteiger partial charge >= 0.3 is 6.18 Å². The lowest BCUT2D eigenvalue weighted by atomic mass is 9.85. The smallest absolute Gasteiger partial charge is 0.367 e. The lowest BCUT2D eigenvalue weighted by Gasteiger charge is -2.19. The van der Waals surface area contributed by atoms with Gasteiger partial charge in [-0.05, 0) is 36.5 Å². The number of amides is 2. The Morgan fingerprint density at radius 3 is 2.29 bits per heavy atom. The van der Waals surface area contributed by atoms with E-state index in [2.05, 4.69) is 5.32 Å². The van der Waals surface area contributed by atoms with Crippen LogP contribution in [-0.2, 0) is 15.8 Å². The van der Waals surface area contributed by atoms with Crippen molar-refractivity contribution in [1.82, 2.24) is 4.90 Å². The van der Waals surface area contributed by atoms with E-state index < -0.39 is 11.7 Å². The average molecular weight is 336 g/mol. The van der Waals surface area contributed by atoms with Crippen molar-refractivity contribution in [3.63, 3.8) is 0 Å². The predicted molar refractivity (Wildman–Crippen MR) is 79.5 cm³/mol. The van der Waals surface area contributed by atoms with Crippen molar-refractivity contribution in [2.45, 2.75) is 12.6 Å². The van der Waals surface area contributed by atoms with Crippen molar-refractivity contribution in [2.75, 3.05) is 12.0 Å². The standard InChI is InChI=1S/C17H15F3N2O2/c18-17(19,20)11-2-1-3-12(7-11)21-8-22-15(23)13-9-4-5-10(6-9)14(13)16(22)24/h1-5,7,9-10,13-14,21H,6,8H2/t9-,10+,13+,14-. The van der Waals surface area contributed by atoms with Crippen molar-refractivity contribution in [2.24, 2.45) is 23.7 Å². The summed E-state index contributed by atoms with van der Waals surface area (Å²) in [7, 11) is 0. The van der Waals surface area contributed by atoms with E-state index >= 15 is 0 Å². The Bertz CT molecular complexity index is 714. The summed E-state index contributed by atoms with van der Waals surface area (Å²) in [6.45, 7) is -0.106. The largest absolute Gasteiger partial charge is 0.416 e. The number of fused-ring (bicyclic) bond motifs is 5. The molecule has 3 aliphatic rings. The normalized spacial score (nSPS) is 31.0. The lowest BCUT2D eigenvalue weighted by Crippen LogP contribution is -2.37. The number of halogens is 3. The van der Waals surface area contributed by atoms with Crippen LogP contribution < -0.4 is 5.32 Å². The van der Waals surface area contributed by atoms with Crippen LogP contribution in [0.25, 0.3) is 0 Å². The third-order valence-corrected chi connectivity index (χ3v) is 5.19. The monoisotopic (exact) mass is 336 g/mol. The van der Waals surface area contributed by atoms with E-state index in [0.29, 0.717) is 0 Å². The number of nitrogens with one attached hydrogen (secondary N) is 1. The first-order chi connectivity index (χ1) is 11.4. The van der Waals surface area contributed by atoms with Gasteiger partial charge in [-0.25, -0.2) is 0 Å². The van der Waals surface area contributed by atoms with Crippen molar-refractivity contribution in [3.8, 4) is 0 Å². The van der Waals surface area contributed by atoms with Gasteiger partial charge in [0, 0.05) is 5.69 Å². The minimum absolute atomic E-state index is 0.106. The molecule has 0 spiro atoms. The molecule has 1 N–H and O–H groups in total. The molecule has 0 radical (unpaired) electrons. The Kier molecular flexibility index (Phi) is 3.23. The molecule has 4 atom stereocenters. The molecular weight excluding hydrogens is 321 g/mol. The number of rotatable bonds is 3. The highest BCUT2D eigenvalue weighted by Crippen LogP contribution is 2.52. The molecule has 1 saturated carbocycles. The number of nitrogens with zero attached hydrogens (tertiary/aromatic N) is 1. The van der Waals surface area contributed by atoms with Gasteiger partial charge in [-0.2, -0.15) is 13.2 Å². The summed E-state index contributed by atoms with van der Waals surface area (Å²) < 4.78 is 38.2. The second-order valence-electron chi connectivity index (χ2n) is 6.52. The number of carbonyl (C=O) groups excluding carboxylic acids is 2. The molecule has 126 valence electrons. The fourth-order valence-corrected chi connectivity index (χ4v) is 4.10. The molecule has 4 rings (SSSR count). The summed E-state index contributed by atoms with van der Waals surface area (Å²) >= 11 is 0. The van der Waals surface area contributed by atoms with Gasteiger partial charge < -0.3 is 5.32 Å². The first-order valence-electron chi connectivity index (χ1n) is 7.81. The highest BCUT2D eigenvalue weighted by molar-refractivity contribution is 6.06. The zero-order valence-electron chi connectivity index (χ0n) is 12.6. The molecule has 2 bridgehead atoms. The maximum absolute atomic E-state index is 12.7. The van der Waals surface area contributed by atoms with E-state index in [9.17, 15) is 22.8 Å². The van der Waals surface area contributed by atoms with Gasteiger partial charge in [0.1, 0.15) is 0 Å². The number of alkyl halides is 3. The molecule has 1 aliphatic heterocycles. The fraction of sp³-hybridized carbons (Fsp3) is 0.412. The second kappa shape index (κ2) is 5.09. The number of benzene rings is 1. The Morgan fingerprint density at radius 1 is 1.08 bits per heavy atom. The summed E-state index contributed by atoms with van der Waals surface area (Å²) in [4.78, 5) is 26.1. The lowest BCUT2D eigenvalue weighted by molar-refractivity contribution is -0.140. The van der Waals surface area contributed by atoms with Crippen LogP contribution in [0.1, 0.15) is 12.0 Å². The maximum atomic E-state index is 12.7. The van der Waals surface area contributed by atoms with Crippen molar-refractivity contribution in [3.05, 3.63) is 42.0 Å². The van der Waals surface area contributed by atoms with Crippen LogP contribution in [-0.4, -0.2) is 23.4 Å². The summed E-state index contributed by atoms with van der Waals surface area (Å²) in [5.41, 5.74) is -0.547. The van der Waals surface area contributed by atoms with Gasteiger partial charge in [0.05, 0.1) is 24.1 Å². The Balaban J connectivity index is 1.48. The second-order valence-corrected chi connectivity index (χ2v) is 6.52. The molecule has 2 fully saturated rings. The van der Waals surface area contributed by atoms with Crippen LogP contribution >= 0.6 is 0 Å². The third-order valence-electron chi connectivity index (χ3n) is 5.19. The van der Waals surface area contributed by atoms with Crippen LogP contribution in [0, 0.1) is 23.7 Å². The molecule has 0 aromatic heterocycles. The zero-order chi connectivity index (χ0) is 17.1. The van der Waals surface area contributed by atoms with Gasteiger partial charge in [0.15, 0.2) is 0 Å².